The maximum atomic E-state index is 10.1. The number of hydroxylamine groups is 1. The van der Waals surface area contributed by atoms with Crippen LogP contribution in [0, 0.1) is 5.21 Å². The number of rotatable bonds is 19. The van der Waals surface area contributed by atoms with E-state index >= 15 is 0 Å². The molecule has 22 heavy (non-hydrogen) atoms. The quantitative estimate of drug-likeness (QED) is 0.272. The number of unbranched alkanes of at least 4 members (excludes halogenated alkanes) is 13. The van der Waals surface area contributed by atoms with Crippen molar-refractivity contribution in [3.63, 3.8) is 0 Å². The van der Waals surface area contributed by atoms with Crippen LogP contribution in [-0.4, -0.2) is 19.6 Å². The first-order valence-corrected chi connectivity index (χ1v) is 10.1. The fourth-order valence-corrected chi connectivity index (χ4v) is 2.88. The molecule has 0 aromatic carbocycles. The van der Waals surface area contributed by atoms with Crippen LogP contribution in [0.15, 0.2) is 0 Å². The highest BCUT2D eigenvalue weighted by Crippen LogP contribution is 2.12. The molecule has 0 saturated heterocycles. The average molecular weight is 315 g/mol. The smallest absolute Gasteiger partial charge is 0.0764 e. The summed E-state index contributed by atoms with van der Waals surface area (Å²) in [4.78, 5) is 0. The molecular formula is C19H42N2O. The Morgan fingerprint density at radius 1 is 0.591 bits per heavy atom. The second-order valence-corrected chi connectivity index (χ2v) is 6.66. The zero-order chi connectivity index (χ0) is 16.1. The van der Waals surface area contributed by atoms with Gasteiger partial charge in [-0.15, -0.1) is 0 Å². The van der Waals surface area contributed by atoms with Crippen molar-refractivity contribution < 1.29 is 5.48 Å². The van der Waals surface area contributed by atoms with Gasteiger partial charge in [-0.05, 0) is 13.0 Å². The molecule has 0 amide bonds. The highest BCUT2D eigenvalue weighted by atomic mass is 16.5. The monoisotopic (exact) mass is 314 g/mol. The van der Waals surface area contributed by atoms with E-state index in [0.29, 0.717) is 6.54 Å². The van der Waals surface area contributed by atoms with Crippen LogP contribution in [0.3, 0.4) is 0 Å². The lowest BCUT2D eigenvalue weighted by Gasteiger charge is -2.05. The van der Waals surface area contributed by atoms with Gasteiger partial charge in [-0.2, -0.15) is 0 Å². The first-order valence-electron chi connectivity index (χ1n) is 10.1. The van der Waals surface area contributed by atoms with Crippen molar-refractivity contribution in [2.75, 3.05) is 19.6 Å². The number of nitrogens with two attached hydrogens (primary N) is 1. The molecule has 0 aliphatic heterocycles. The normalized spacial score (nSPS) is 11.2. The summed E-state index contributed by atoms with van der Waals surface area (Å²) in [5.41, 5.74) is 1.01. The van der Waals surface area contributed by atoms with Crippen LogP contribution >= 0.6 is 0 Å². The van der Waals surface area contributed by atoms with Crippen molar-refractivity contribution in [2.45, 2.75) is 103 Å². The molecule has 134 valence electrons. The predicted molar refractivity (Wildman–Crippen MR) is 98.0 cm³/mol. The summed E-state index contributed by atoms with van der Waals surface area (Å²) in [6.07, 6.45) is 20.8. The Kier molecular flexibility index (Phi) is 20.8. The average Bonchev–Trinajstić information content (AvgIpc) is 2.54. The number of nitrogens with one attached hydrogen (secondary N) is 1. The van der Waals surface area contributed by atoms with Crippen LogP contribution in [0.2, 0.25) is 0 Å². The van der Waals surface area contributed by atoms with Crippen molar-refractivity contribution >= 4 is 0 Å². The van der Waals surface area contributed by atoms with Crippen molar-refractivity contribution in [1.82, 2.24) is 5.32 Å². The lowest BCUT2D eigenvalue weighted by Crippen LogP contribution is -2.77. The molecule has 0 atom stereocenters. The minimum atomic E-state index is 0.700. The summed E-state index contributed by atoms with van der Waals surface area (Å²) in [7, 11) is 0. The van der Waals surface area contributed by atoms with Crippen LogP contribution in [0.1, 0.15) is 103 Å². The summed E-state index contributed by atoms with van der Waals surface area (Å²) in [6.45, 7) is 5.10. The van der Waals surface area contributed by atoms with E-state index in [0.717, 1.165) is 25.0 Å². The third-order valence-electron chi connectivity index (χ3n) is 4.38. The molecule has 0 aliphatic carbocycles. The third-order valence-corrected chi connectivity index (χ3v) is 4.38. The molecule has 3 heteroatoms. The Labute approximate surface area is 139 Å². The van der Waals surface area contributed by atoms with Gasteiger partial charge >= 0.3 is 0 Å². The van der Waals surface area contributed by atoms with Gasteiger partial charge in [0.25, 0.3) is 0 Å². The summed E-state index contributed by atoms with van der Waals surface area (Å²) in [6, 6.07) is 0. The highest BCUT2D eigenvalue weighted by Gasteiger charge is 1.94. The van der Waals surface area contributed by atoms with Gasteiger partial charge in [-0.25, -0.2) is 0 Å². The van der Waals surface area contributed by atoms with Crippen molar-refractivity contribution in [2.24, 2.45) is 0 Å². The van der Waals surface area contributed by atoms with Crippen LogP contribution < -0.4 is 10.8 Å². The van der Waals surface area contributed by atoms with Crippen LogP contribution in [-0.2, 0) is 0 Å². The van der Waals surface area contributed by atoms with Gasteiger partial charge in [0.15, 0.2) is 0 Å². The molecule has 0 bridgehead atoms. The SMILES string of the molecule is CCCCCCCCCCCCCCCCNCCC[NH2+][O-]. The Balaban J connectivity index is 2.91. The Bertz CT molecular complexity index is 168. The molecule has 0 rings (SSSR count). The van der Waals surface area contributed by atoms with Gasteiger partial charge in [0, 0.05) is 13.0 Å². The summed E-state index contributed by atoms with van der Waals surface area (Å²) in [5.74, 6) is 0. The molecule has 0 fully saturated rings. The molecule has 0 heterocycles. The number of quaternary nitrogens is 1. The Hall–Kier alpha value is -0.120. The zero-order valence-electron chi connectivity index (χ0n) is 15.2. The fraction of sp³-hybridized carbons (Fsp3) is 1.00. The van der Waals surface area contributed by atoms with E-state index in [1.54, 1.807) is 0 Å². The second-order valence-electron chi connectivity index (χ2n) is 6.66. The Morgan fingerprint density at radius 2 is 1.00 bits per heavy atom. The topological polar surface area (TPSA) is 51.7 Å². The highest BCUT2D eigenvalue weighted by molar-refractivity contribution is 4.51. The minimum Gasteiger partial charge on any atom is -0.636 e. The van der Waals surface area contributed by atoms with E-state index in [4.69, 9.17) is 0 Å². The fourth-order valence-electron chi connectivity index (χ4n) is 2.88. The minimum absolute atomic E-state index is 0.700. The molecule has 0 radical (unpaired) electrons. The molecule has 3 N–H and O–H groups in total. The van der Waals surface area contributed by atoms with E-state index in [1.165, 1.54) is 89.9 Å². The van der Waals surface area contributed by atoms with Crippen molar-refractivity contribution in [3.05, 3.63) is 5.21 Å². The van der Waals surface area contributed by atoms with Gasteiger partial charge in [0.1, 0.15) is 0 Å². The van der Waals surface area contributed by atoms with Crippen LogP contribution in [0.5, 0.6) is 0 Å². The van der Waals surface area contributed by atoms with Crippen LogP contribution in [0.25, 0.3) is 0 Å². The second kappa shape index (κ2) is 20.9. The number of hydrogen-bond acceptors (Lipinski definition) is 2. The first-order chi connectivity index (χ1) is 10.9. The van der Waals surface area contributed by atoms with Gasteiger partial charge in [-0.1, -0.05) is 90.4 Å². The first kappa shape index (κ1) is 21.9. The molecule has 0 spiro atoms. The lowest BCUT2D eigenvalue weighted by molar-refractivity contribution is -0.588. The maximum absolute atomic E-state index is 10.1. The molecule has 0 aromatic heterocycles. The maximum Gasteiger partial charge on any atom is 0.0764 e. The van der Waals surface area contributed by atoms with E-state index in [9.17, 15) is 5.21 Å². The molecule has 0 aliphatic rings. The third kappa shape index (κ3) is 19.9. The number of hydrogen-bond donors (Lipinski definition) is 2. The van der Waals surface area contributed by atoms with Gasteiger partial charge in [0.2, 0.25) is 0 Å². The van der Waals surface area contributed by atoms with Gasteiger partial charge in [-0.3, -0.25) is 0 Å². The Morgan fingerprint density at radius 3 is 1.45 bits per heavy atom. The van der Waals surface area contributed by atoms with E-state index < -0.39 is 0 Å². The largest absolute Gasteiger partial charge is 0.636 e. The molecule has 3 nitrogen and oxygen atoms in total. The summed E-state index contributed by atoms with van der Waals surface area (Å²) >= 11 is 0. The summed E-state index contributed by atoms with van der Waals surface area (Å²) < 4.78 is 0. The van der Waals surface area contributed by atoms with Gasteiger partial charge in [0.05, 0.1) is 6.54 Å². The standard InChI is InChI=1S/C19H42N2O/c1-2-3-4-5-6-7-8-9-10-11-12-13-14-15-17-20-18-16-19-21-22/h20H,2-19,21H2,1H3. The van der Waals surface area contributed by atoms with Crippen LogP contribution in [0.4, 0.5) is 0 Å². The van der Waals surface area contributed by atoms with E-state index in [1.807, 2.05) is 0 Å². The summed E-state index contributed by atoms with van der Waals surface area (Å²) in [5, 5.41) is 13.6. The van der Waals surface area contributed by atoms with E-state index in [2.05, 4.69) is 12.2 Å². The molecule has 0 unspecified atom stereocenters. The van der Waals surface area contributed by atoms with Crippen molar-refractivity contribution in [1.29, 1.82) is 0 Å². The lowest BCUT2D eigenvalue weighted by atomic mass is 10.0. The van der Waals surface area contributed by atoms with Crippen molar-refractivity contribution in [3.8, 4) is 0 Å². The van der Waals surface area contributed by atoms with E-state index in [-0.39, 0.29) is 0 Å². The molecule has 0 saturated carbocycles. The predicted octanol–water partition coefficient (Wildman–Crippen LogP) is 4.51. The van der Waals surface area contributed by atoms with Gasteiger partial charge < -0.3 is 16.0 Å². The molecule has 0 aromatic rings. The molecular weight excluding hydrogens is 272 g/mol. The zero-order valence-corrected chi connectivity index (χ0v) is 15.2.